The van der Waals surface area contributed by atoms with Crippen molar-refractivity contribution in [3.63, 3.8) is 0 Å². The van der Waals surface area contributed by atoms with Gasteiger partial charge >= 0.3 is 6.18 Å². The van der Waals surface area contributed by atoms with Crippen LogP contribution in [0, 0.1) is 0 Å². The Labute approximate surface area is 203 Å². The second-order valence-corrected chi connectivity index (χ2v) is 8.44. The normalized spacial score (nSPS) is 17.5. The molecule has 4 rings (SSSR count). The van der Waals surface area contributed by atoms with Gasteiger partial charge in [0.15, 0.2) is 0 Å². The highest BCUT2D eigenvalue weighted by Crippen LogP contribution is 2.49. The van der Waals surface area contributed by atoms with Crippen LogP contribution in [0.25, 0.3) is 16.7 Å². The van der Waals surface area contributed by atoms with Crippen molar-refractivity contribution in [3.8, 4) is 0 Å². The van der Waals surface area contributed by atoms with Gasteiger partial charge in [0.05, 0.1) is 38.2 Å². The second-order valence-electron chi connectivity index (χ2n) is 7.62. The number of hydrogen-bond acceptors (Lipinski definition) is 6. The molecule has 1 aliphatic rings. The monoisotopic (exact) mass is 512 g/mol. The summed E-state index contributed by atoms with van der Waals surface area (Å²) >= 11 is 12.2. The summed E-state index contributed by atoms with van der Waals surface area (Å²) in [5.41, 5.74) is -2.64. The third kappa shape index (κ3) is 4.06. The van der Waals surface area contributed by atoms with E-state index in [0.29, 0.717) is 19.0 Å². The van der Waals surface area contributed by atoms with E-state index in [2.05, 4.69) is 39.1 Å². The Balaban J connectivity index is 1.73. The molecule has 0 bridgehead atoms. The molecule has 1 atom stereocenters. The number of benzene rings is 1. The van der Waals surface area contributed by atoms with Gasteiger partial charge in [0.2, 0.25) is 5.95 Å². The van der Waals surface area contributed by atoms with Crippen molar-refractivity contribution < 1.29 is 17.9 Å². The molecule has 12 heteroatoms. The number of halogens is 5. The molecule has 180 valence electrons. The third-order valence-corrected chi connectivity index (χ3v) is 6.09. The van der Waals surface area contributed by atoms with E-state index in [1.807, 2.05) is 0 Å². The van der Waals surface area contributed by atoms with Crippen LogP contribution in [0.2, 0.25) is 10.0 Å². The highest BCUT2D eigenvalue weighted by atomic mass is 35.5. The maximum Gasteiger partial charge on any atom is 0.436 e. The van der Waals surface area contributed by atoms with E-state index in [0.717, 1.165) is 11.0 Å². The summed E-state index contributed by atoms with van der Waals surface area (Å²) < 4.78 is 50.3. The zero-order chi connectivity index (χ0) is 24.7. The van der Waals surface area contributed by atoms with Crippen LogP contribution in [0.4, 0.5) is 24.9 Å². The zero-order valence-electron chi connectivity index (χ0n) is 18.1. The number of alkyl halides is 3. The molecule has 2 aromatic heterocycles. The second kappa shape index (κ2) is 9.01. The van der Waals surface area contributed by atoms with Crippen LogP contribution in [0.5, 0.6) is 0 Å². The van der Waals surface area contributed by atoms with Crippen LogP contribution >= 0.6 is 23.2 Å². The van der Waals surface area contributed by atoms with Crippen molar-refractivity contribution in [1.29, 1.82) is 0 Å². The Morgan fingerprint density at radius 2 is 1.97 bits per heavy atom. The lowest BCUT2D eigenvalue weighted by Crippen LogP contribution is -2.56. The van der Waals surface area contributed by atoms with Crippen LogP contribution in [-0.4, -0.2) is 41.0 Å². The van der Waals surface area contributed by atoms with Crippen molar-refractivity contribution in [2.45, 2.75) is 18.3 Å². The molecule has 0 saturated heterocycles. The lowest BCUT2D eigenvalue weighted by molar-refractivity contribution is -0.203. The number of hydrogen-bond donors (Lipinski definition) is 3. The number of nitrogens with zero attached hydrogens (tertiary/aromatic N) is 3. The molecule has 3 heterocycles. The van der Waals surface area contributed by atoms with Gasteiger partial charge in [0, 0.05) is 20.3 Å². The topological polar surface area (TPSA) is 76.0 Å². The lowest BCUT2D eigenvalue weighted by Gasteiger charge is -2.36. The van der Waals surface area contributed by atoms with Gasteiger partial charge in [-0.2, -0.15) is 13.2 Å². The van der Waals surface area contributed by atoms with Crippen molar-refractivity contribution in [2.75, 3.05) is 30.9 Å². The largest absolute Gasteiger partial charge is 0.436 e. The van der Waals surface area contributed by atoms with Crippen LogP contribution in [-0.2, 0) is 10.4 Å². The quantitative estimate of drug-likeness (QED) is 0.341. The zero-order valence-corrected chi connectivity index (χ0v) is 19.6. The molecular formula is C22H21Cl2F3N6O. The molecule has 7 nitrogen and oxygen atoms in total. The first-order chi connectivity index (χ1) is 16.1. The summed E-state index contributed by atoms with van der Waals surface area (Å²) in [4.78, 5) is 8.63. The molecule has 0 amide bonds. The summed E-state index contributed by atoms with van der Waals surface area (Å²) in [6.07, 6.45) is -4.10. The number of fused-ring (bicyclic) bond motifs is 3. The maximum atomic E-state index is 14.8. The summed E-state index contributed by atoms with van der Waals surface area (Å²) in [6, 6.07) is 7.70. The van der Waals surface area contributed by atoms with Gasteiger partial charge in [-0.3, -0.25) is 4.57 Å². The predicted molar refractivity (Wildman–Crippen MR) is 128 cm³/mol. The van der Waals surface area contributed by atoms with Gasteiger partial charge in [-0.05, 0) is 30.7 Å². The summed E-state index contributed by atoms with van der Waals surface area (Å²) in [5, 5.41) is 8.54. The van der Waals surface area contributed by atoms with Crippen LogP contribution in [0.1, 0.15) is 12.1 Å². The number of imidazole rings is 1. The number of ether oxygens (including phenoxy) is 1. The minimum atomic E-state index is -4.85. The molecule has 1 aromatic carbocycles. The highest BCUT2D eigenvalue weighted by Gasteiger charge is 2.63. The SMILES string of the molecule is C=C(NC1(C(F)(F)F)C(=C)Nc2nc3cc(Cl)c(Cl)cc3n21)c1cccc(NCCCOC)n1. The minimum Gasteiger partial charge on any atom is -0.385 e. The molecule has 0 aliphatic carbocycles. The molecule has 3 aromatic rings. The van der Waals surface area contributed by atoms with E-state index < -0.39 is 11.8 Å². The van der Waals surface area contributed by atoms with E-state index in [4.69, 9.17) is 27.9 Å². The Morgan fingerprint density at radius 1 is 1.24 bits per heavy atom. The fourth-order valence-electron chi connectivity index (χ4n) is 3.77. The lowest BCUT2D eigenvalue weighted by atomic mass is 10.1. The first-order valence-corrected chi connectivity index (χ1v) is 10.9. The van der Waals surface area contributed by atoms with E-state index >= 15 is 0 Å². The number of pyridine rings is 1. The molecule has 3 N–H and O–H groups in total. The summed E-state index contributed by atoms with van der Waals surface area (Å²) in [6.45, 7) is 8.62. The van der Waals surface area contributed by atoms with Gasteiger partial charge in [0.1, 0.15) is 5.82 Å². The summed E-state index contributed by atoms with van der Waals surface area (Å²) in [5.74, 6) is 0.439. The Hall–Kier alpha value is -2.95. The van der Waals surface area contributed by atoms with Gasteiger partial charge in [0.25, 0.3) is 5.66 Å². The minimum absolute atomic E-state index is 0.0579. The molecule has 0 radical (unpaired) electrons. The first-order valence-electron chi connectivity index (χ1n) is 10.2. The predicted octanol–water partition coefficient (Wildman–Crippen LogP) is 5.60. The van der Waals surface area contributed by atoms with Crippen LogP contribution in [0.15, 0.2) is 49.2 Å². The van der Waals surface area contributed by atoms with Gasteiger partial charge in [-0.25, -0.2) is 9.97 Å². The van der Waals surface area contributed by atoms with Gasteiger partial charge < -0.3 is 20.7 Å². The number of anilines is 2. The standard InChI is InChI=1S/C22H21Cl2F3N6O/c1-12(16-6-4-7-19(30-16)28-8-5-9-34-3)32-21(22(25,26)27)13(2)29-20-31-17-10-14(23)15(24)11-18(17)33(20)21/h4,6-7,10-11,32H,1-2,5,8-9H2,3H3,(H,28,30)(H,29,31). The Morgan fingerprint density at radius 3 is 2.68 bits per heavy atom. The van der Waals surface area contributed by atoms with Gasteiger partial charge in [-0.15, -0.1) is 0 Å². The number of rotatable bonds is 8. The number of methoxy groups -OCH3 is 1. The van der Waals surface area contributed by atoms with E-state index in [1.54, 1.807) is 25.3 Å². The average Bonchev–Trinajstić information content (AvgIpc) is 3.25. The fraction of sp³-hybridized carbons (Fsp3) is 0.273. The molecule has 0 spiro atoms. The summed E-state index contributed by atoms with van der Waals surface area (Å²) in [7, 11) is 1.61. The molecule has 1 aliphatic heterocycles. The number of aromatic nitrogens is 3. The van der Waals surface area contributed by atoms with E-state index in [9.17, 15) is 13.2 Å². The van der Waals surface area contributed by atoms with Crippen molar-refractivity contribution in [3.05, 3.63) is 64.9 Å². The first kappa shape index (κ1) is 24.2. The average molecular weight is 513 g/mol. The molecule has 34 heavy (non-hydrogen) atoms. The van der Waals surface area contributed by atoms with E-state index in [-0.39, 0.29) is 44.1 Å². The van der Waals surface area contributed by atoms with E-state index in [1.165, 1.54) is 12.1 Å². The highest BCUT2D eigenvalue weighted by molar-refractivity contribution is 6.42. The van der Waals surface area contributed by atoms with Crippen molar-refractivity contribution in [1.82, 2.24) is 19.9 Å². The maximum absolute atomic E-state index is 14.8. The molecule has 0 saturated carbocycles. The molecule has 1 unspecified atom stereocenters. The van der Waals surface area contributed by atoms with Gasteiger partial charge in [-0.1, -0.05) is 42.4 Å². The van der Waals surface area contributed by atoms with Crippen LogP contribution < -0.4 is 16.0 Å². The van der Waals surface area contributed by atoms with Crippen LogP contribution in [0.3, 0.4) is 0 Å². The Kier molecular flexibility index (Phi) is 6.41. The van der Waals surface area contributed by atoms with Crippen molar-refractivity contribution in [2.24, 2.45) is 0 Å². The smallest absolute Gasteiger partial charge is 0.385 e. The third-order valence-electron chi connectivity index (χ3n) is 5.36. The fourth-order valence-corrected chi connectivity index (χ4v) is 4.09. The Bertz CT molecular complexity index is 1280. The molecule has 0 fully saturated rings. The number of nitrogens with one attached hydrogen (secondary N) is 3. The molecular weight excluding hydrogens is 492 g/mol. The van der Waals surface area contributed by atoms with Crippen molar-refractivity contribution >= 4 is 51.7 Å².